The van der Waals surface area contributed by atoms with Crippen molar-refractivity contribution in [3.8, 4) is 5.63 Å². The van der Waals surface area contributed by atoms with Gasteiger partial charge in [-0.05, 0) is 0 Å². The van der Waals surface area contributed by atoms with E-state index in [4.69, 9.17) is 0 Å². The second-order valence-corrected chi connectivity index (χ2v) is 0.591. The molecule has 0 unspecified atom stereocenters. The molecule has 4 heavy (non-hydrogen) atoms. The van der Waals surface area contributed by atoms with Gasteiger partial charge in [0.05, 0.1) is 0 Å². The summed E-state index contributed by atoms with van der Waals surface area (Å²) in [6, 6.07) is 0. The van der Waals surface area contributed by atoms with E-state index in [1.807, 2.05) is 0 Å². The van der Waals surface area contributed by atoms with E-state index in [0.29, 0.717) is 0 Å². The molecule has 0 saturated carbocycles. The van der Waals surface area contributed by atoms with Crippen LogP contribution in [0.4, 0.5) is 0 Å². The van der Waals surface area contributed by atoms with Crippen molar-refractivity contribution in [3.63, 3.8) is 0 Å². The first-order valence-corrected chi connectivity index (χ1v) is 1.37. The monoisotopic (exact) mass is 70.0 g/mol. The van der Waals surface area contributed by atoms with Crippen LogP contribution < -0.4 is 0 Å². The fourth-order valence-corrected chi connectivity index (χ4v) is 0. The zero-order chi connectivity index (χ0) is 3.41. The molecule has 0 nitrogen and oxygen atoms in total. The van der Waals surface area contributed by atoms with Gasteiger partial charge in [-0.2, -0.15) is 0 Å². The van der Waals surface area contributed by atoms with E-state index < -0.39 is 0 Å². The predicted octanol–water partition coefficient (Wildman–Crippen LogP) is 1.54. The summed E-state index contributed by atoms with van der Waals surface area (Å²) < 4.78 is 0. The molecule has 0 atom stereocenters. The molecule has 0 rings (SSSR count). The van der Waals surface area contributed by atoms with Gasteiger partial charge < -0.3 is 0 Å². The quantitative estimate of drug-likeness (QED) is 0.379. The molecule has 0 saturated heterocycles. The predicted molar refractivity (Wildman–Crippen MR) is 21.0 cm³/mol. The van der Waals surface area contributed by atoms with Crippen molar-refractivity contribution >= 4 is 8.70 Å². The molecular weight excluding hydrogens is 67.0 g/mol. The third-order valence-electron chi connectivity index (χ3n) is 0.0913. The summed E-state index contributed by atoms with van der Waals surface area (Å²) in [5.41, 5.74) is 2.39. The minimum atomic E-state index is 1.49. The van der Waals surface area contributed by atoms with Gasteiger partial charge in [0, 0.05) is 0 Å². The maximum atomic E-state index is 3.55. The van der Waals surface area contributed by atoms with Crippen LogP contribution in [0.2, 0.25) is 0 Å². The summed E-state index contributed by atoms with van der Waals surface area (Å²) in [5.74, 6) is 0. The van der Waals surface area contributed by atoms with Crippen LogP contribution in [-0.4, -0.2) is 0 Å². The van der Waals surface area contributed by atoms with E-state index in [1.54, 1.807) is 0 Å². The zero-order valence-corrected chi connectivity index (χ0v) is 3.13. The van der Waals surface area contributed by atoms with Crippen molar-refractivity contribution in [2.75, 3.05) is 0 Å². The van der Waals surface area contributed by atoms with Crippen LogP contribution >= 0.6 is 8.70 Å². The van der Waals surface area contributed by atoms with Gasteiger partial charge >= 0.3 is 27.0 Å². The molecule has 0 radical (unpaired) electrons. The summed E-state index contributed by atoms with van der Waals surface area (Å²) in [5, 5.41) is 0. The van der Waals surface area contributed by atoms with Crippen LogP contribution in [0.25, 0.3) is 0 Å². The first-order chi connectivity index (χ1) is 1.91. The minimum absolute atomic E-state index is 1.49. The van der Waals surface area contributed by atoms with Crippen molar-refractivity contribution in [1.82, 2.24) is 0 Å². The summed E-state index contributed by atoms with van der Waals surface area (Å²) in [6.07, 6.45) is 1.49. The second-order valence-electron chi connectivity index (χ2n) is 0.333. The van der Waals surface area contributed by atoms with Crippen LogP contribution in [-0.2, 0) is 0 Å². The van der Waals surface area contributed by atoms with E-state index in [9.17, 15) is 0 Å². The van der Waals surface area contributed by atoms with E-state index in [0.717, 1.165) is 0 Å². The average Bonchev–Trinajstić information content (AvgIpc) is 1.37. The number of hydrogen-bond acceptors (Lipinski definition) is 0. The Morgan fingerprint density at radius 3 is 2.25 bits per heavy atom. The van der Waals surface area contributed by atoms with Crippen LogP contribution in [0, 0.1) is 5.63 Å². The SMILES string of the molecule is C=CC#P. The molecule has 0 amide bonds. The van der Waals surface area contributed by atoms with Crippen molar-refractivity contribution in [2.45, 2.75) is 0 Å². The second kappa shape index (κ2) is 2.95. The molecule has 0 aliphatic rings. The van der Waals surface area contributed by atoms with E-state index >= 15 is 0 Å². The van der Waals surface area contributed by atoms with Crippen molar-refractivity contribution in [3.05, 3.63) is 12.7 Å². The van der Waals surface area contributed by atoms with Crippen LogP contribution in [0.1, 0.15) is 0 Å². The molecule has 0 aliphatic heterocycles. The Morgan fingerprint density at radius 2 is 2.25 bits per heavy atom. The fraction of sp³-hybridized carbons (Fsp3) is 0. The van der Waals surface area contributed by atoms with E-state index in [2.05, 4.69) is 20.9 Å². The third kappa shape index (κ3) is 1.95. The standard InChI is InChI=1S/C3H3P/c1-2-3-4/h2H,1H2. The first kappa shape index (κ1) is 3.95. The summed E-state index contributed by atoms with van der Waals surface area (Å²) in [4.78, 5) is 0. The molecule has 0 aromatic rings. The van der Waals surface area contributed by atoms with Gasteiger partial charge in [-0.3, -0.25) is 0 Å². The Hall–Kier alpha value is -0.0500. The van der Waals surface area contributed by atoms with Crippen LogP contribution in [0.3, 0.4) is 0 Å². The molecule has 0 aromatic carbocycles. The number of allylic oxidation sites excluding steroid dienone is 1. The molecule has 0 fully saturated rings. The molecular formula is C3H3P. The summed E-state index contributed by atoms with van der Waals surface area (Å²) in [7, 11) is 3.55. The Balaban J connectivity index is 2.92. The molecule has 0 spiro atoms. The molecule has 0 heterocycles. The van der Waals surface area contributed by atoms with Crippen molar-refractivity contribution < 1.29 is 0 Å². The summed E-state index contributed by atoms with van der Waals surface area (Å²) >= 11 is 0. The molecule has 0 N–H and O–H groups in total. The van der Waals surface area contributed by atoms with Gasteiger partial charge in [0.2, 0.25) is 0 Å². The van der Waals surface area contributed by atoms with E-state index in [1.165, 1.54) is 6.08 Å². The average molecular weight is 70.0 g/mol. The van der Waals surface area contributed by atoms with Crippen molar-refractivity contribution in [1.29, 1.82) is 0 Å². The molecule has 1 heteroatoms. The normalized spacial score (nSPS) is 3.75. The molecule has 0 bridgehead atoms. The van der Waals surface area contributed by atoms with Crippen LogP contribution in [0.15, 0.2) is 12.7 Å². The topological polar surface area (TPSA) is 0 Å². The Morgan fingerprint density at radius 1 is 2.00 bits per heavy atom. The molecule has 20 valence electrons. The van der Waals surface area contributed by atoms with Gasteiger partial charge in [0.15, 0.2) is 0 Å². The van der Waals surface area contributed by atoms with Gasteiger partial charge in [-0.25, -0.2) is 0 Å². The first-order valence-electron chi connectivity index (χ1n) is 0.921. The van der Waals surface area contributed by atoms with Gasteiger partial charge in [-0.1, -0.05) is 0 Å². The Labute approximate surface area is 28.0 Å². The Kier molecular flexibility index (Phi) is 2.91. The number of rotatable bonds is 0. The Bertz CT molecular complexity index is 48.8. The van der Waals surface area contributed by atoms with Gasteiger partial charge in [0.1, 0.15) is 0 Å². The van der Waals surface area contributed by atoms with E-state index in [-0.39, 0.29) is 0 Å². The molecule has 0 aromatic heterocycles. The van der Waals surface area contributed by atoms with Gasteiger partial charge in [-0.15, -0.1) is 0 Å². The maximum absolute atomic E-state index is 3.55. The molecule has 0 aliphatic carbocycles. The van der Waals surface area contributed by atoms with Gasteiger partial charge in [0.25, 0.3) is 0 Å². The van der Waals surface area contributed by atoms with Crippen molar-refractivity contribution in [2.24, 2.45) is 0 Å². The third-order valence-corrected chi connectivity index (χ3v) is 0.274. The summed E-state index contributed by atoms with van der Waals surface area (Å²) in [6.45, 7) is 3.29. The zero-order valence-electron chi connectivity index (χ0n) is 2.23. The van der Waals surface area contributed by atoms with Crippen LogP contribution in [0.5, 0.6) is 0 Å². The fourth-order valence-electron chi connectivity index (χ4n) is 0. The number of hydrogen-bond donors (Lipinski definition) is 0.